The average Bonchev–Trinajstić information content (AvgIpc) is 3.71. The van der Waals surface area contributed by atoms with E-state index in [0.717, 1.165) is 46.7 Å². The SMILES string of the molecule is FC(F)(F)c1ccc(N=Nc2ccc(N=Nc3ccc(N=Nc4ccc(N5CCCC5)s4)c4ccccc34)cc2)cc1. The number of anilines is 1. The van der Waals surface area contributed by atoms with Crippen molar-refractivity contribution in [1.82, 2.24) is 0 Å². The molecule has 11 heteroatoms. The van der Waals surface area contributed by atoms with Crippen molar-refractivity contribution in [1.29, 1.82) is 0 Å². The van der Waals surface area contributed by atoms with E-state index < -0.39 is 11.7 Å². The molecule has 4 aromatic carbocycles. The Bertz CT molecular complexity index is 1770. The molecule has 1 aromatic heterocycles. The summed E-state index contributed by atoms with van der Waals surface area (Å²) < 4.78 is 38.2. The van der Waals surface area contributed by atoms with Crippen molar-refractivity contribution < 1.29 is 13.2 Å². The number of azo groups is 3. The van der Waals surface area contributed by atoms with Crippen molar-refractivity contribution in [3.05, 3.63) is 103 Å². The van der Waals surface area contributed by atoms with Crippen LogP contribution in [0.5, 0.6) is 0 Å². The van der Waals surface area contributed by atoms with Gasteiger partial charge in [0, 0.05) is 23.9 Å². The van der Waals surface area contributed by atoms with Gasteiger partial charge in [0.1, 0.15) is 5.00 Å². The maximum Gasteiger partial charge on any atom is 0.416 e. The standard InChI is InChI=1S/C31H24F3N7S/c32-31(33,34)21-7-9-22(10-8-21)35-36-23-11-13-24(14-12-23)37-38-27-15-16-28(26-6-2-1-5-25(26)27)39-40-29-17-18-30(42-29)41-19-3-4-20-41/h1-2,5-18H,3-4,19-20H2. The first-order valence-electron chi connectivity index (χ1n) is 13.3. The molecule has 0 amide bonds. The van der Waals surface area contributed by atoms with E-state index in [2.05, 4.69) is 41.7 Å². The zero-order valence-electron chi connectivity index (χ0n) is 22.2. The predicted molar refractivity (Wildman–Crippen MR) is 160 cm³/mol. The Morgan fingerprint density at radius 3 is 1.60 bits per heavy atom. The molecule has 7 nitrogen and oxygen atoms in total. The number of hydrogen-bond donors (Lipinski definition) is 0. The van der Waals surface area contributed by atoms with Crippen LogP contribution in [0, 0.1) is 0 Å². The van der Waals surface area contributed by atoms with Crippen LogP contribution in [0.15, 0.2) is 128 Å². The van der Waals surface area contributed by atoms with E-state index in [1.807, 2.05) is 42.5 Å². The second-order valence-electron chi connectivity index (χ2n) is 9.62. The quantitative estimate of drug-likeness (QED) is 0.176. The zero-order chi connectivity index (χ0) is 28.9. The van der Waals surface area contributed by atoms with Gasteiger partial charge in [-0.1, -0.05) is 35.6 Å². The highest BCUT2D eigenvalue weighted by molar-refractivity contribution is 7.19. The minimum absolute atomic E-state index is 0.323. The number of hydrogen-bond acceptors (Lipinski definition) is 8. The van der Waals surface area contributed by atoms with Crippen LogP contribution in [0.3, 0.4) is 0 Å². The van der Waals surface area contributed by atoms with E-state index in [1.165, 1.54) is 30.0 Å². The van der Waals surface area contributed by atoms with Crippen LogP contribution >= 0.6 is 11.3 Å². The van der Waals surface area contributed by atoms with E-state index in [4.69, 9.17) is 0 Å². The van der Waals surface area contributed by atoms with E-state index in [9.17, 15) is 13.2 Å². The molecule has 0 unspecified atom stereocenters. The summed E-state index contributed by atoms with van der Waals surface area (Å²) >= 11 is 1.65. The van der Waals surface area contributed by atoms with Gasteiger partial charge < -0.3 is 4.90 Å². The third-order valence-corrected chi connectivity index (χ3v) is 7.76. The molecule has 0 atom stereocenters. The van der Waals surface area contributed by atoms with Crippen LogP contribution in [0.2, 0.25) is 0 Å². The van der Waals surface area contributed by atoms with E-state index in [0.29, 0.717) is 22.7 Å². The summed E-state index contributed by atoms with van der Waals surface area (Å²) in [6.07, 6.45) is -1.92. The molecule has 1 saturated heterocycles. The first-order valence-corrected chi connectivity index (χ1v) is 14.1. The maximum atomic E-state index is 12.7. The summed E-state index contributed by atoms with van der Waals surface area (Å²) in [4.78, 5) is 2.39. The third kappa shape index (κ3) is 6.41. The molecule has 210 valence electrons. The molecule has 5 aromatic rings. The van der Waals surface area contributed by atoms with Crippen LogP contribution in [0.1, 0.15) is 18.4 Å². The first-order chi connectivity index (χ1) is 20.4. The van der Waals surface area contributed by atoms with Crippen molar-refractivity contribution >= 4 is 60.5 Å². The Morgan fingerprint density at radius 2 is 1.05 bits per heavy atom. The van der Waals surface area contributed by atoms with Gasteiger partial charge in [0.25, 0.3) is 0 Å². The summed E-state index contributed by atoms with van der Waals surface area (Å²) in [7, 11) is 0. The van der Waals surface area contributed by atoms with Gasteiger partial charge in [-0.15, -0.1) is 15.3 Å². The van der Waals surface area contributed by atoms with Crippen LogP contribution in [-0.4, -0.2) is 13.1 Å². The second kappa shape index (κ2) is 12.0. The lowest BCUT2D eigenvalue weighted by Crippen LogP contribution is -2.15. The molecule has 1 aliphatic rings. The van der Waals surface area contributed by atoms with Crippen LogP contribution < -0.4 is 4.90 Å². The second-order valence-corrected chi connectivity index (χ2v) is 10.7. The summed E-state index contributed by atoms with van der Waals surface area (Å²) in [5.74, 6) is 0. The summed E-state index contributed by atoms with van der Waals surface area (Å²) in [5, 5.41) is 29.9. The number of thiophene rings is 1. The first kappa shape index (κ1) is 27.4. The molecule has 0 radical (unpaired) electrons. The zero-order valence-corrected chi connectivity index (χ0v) is 23.1. The molecule has 42 heavy (non-hydrogen) atoms. The van der Waals surface area contributed by atoms with Crippen LogP contribution in [-0.2, 0) is 6.18 Å². The van der Waals surface area contributed by atoms with Gasteiger partial charge >= 0.3 is 6.18 Å². The monoisotopic (exact) mass is 583 g/mol. The largest absolute Gasteiger partial charge is 0.416 e. The Labute approximate surface area is 243 Å². The summed E-state index contributed by atoms with van der Waals surface area (Å²) in [5.41, 5.74) is 2.19. The van der Waals surface area contributed by atoms with Crippen molar-refractivity contribution in [2.24, 2.45) is 30.7 Å². The molecular formula is C31H24F3N7S. The molecule has 0 bridgehead atoms. The Morgan fingerprint density at radius 1 is 0.548 bits per heavy atom. The van der Waals surface area contributed by atoms with Crippen molar-refractivity contribution in [2.75, 3.05) is 18.0 Å². The Hall–Kier alpha value is -4.77. The molecule has 1 aliphatic heterocycles. The normalized spacial score (nSPS) is 14.3. The van der Waals surface area contributed by atoms with Gasteiger partial charge in [0.15, 0.2) is 0 Å². The highest BCUT2D eigenvalue weighted by atomic mass is 32.1. The van der Waals surface area contributed by atoms with E-state index >= 15 is 0 Å². The third-order valence-electron chi connectivity index (χ3n) is 6.73. The fourth-order valence-corrected chi connectivity index (χ4v) is 5.43. The minimum atomic E-state index is -4.39. The van der Waals surface area contributed by atoms with Gasteiger partial charge in [-0.25, -0.2) is 0 Å². The van der Waals surface area contributed by atoms with Crippen molar-refractivity contribution in [2.45, 2.75) is 19.0 Å². The van der Waals surface area contributed by atoms with Gasteiger partial charge in [0.2, 0.25) is 0 Å². The number of fused-ring (bicyclic) bond motifs is 1. The van der Waals surface area contributed by atoms with Crippen molar-refractivity contribution in [3.63, 3.8) is 0 Å². The fourth-order valence-electron chi connectivity index (χ4n) is 4.55. The predicted octanol–water partition coefficient (Wildman–Crippen LogP) is 11.8. The topological polar surface area (TPSA) is 77.4 Å². The highest BCUT2D eigenvalue weighted by Crippen LogP contribution is 2.38. The lowest BCUT2D eigenvalue weighted by atomic mass is 10.1. The van der Waals surface area contributed by atoms with Crippen LogP contribution in [0.4, 0.5) is 51.6 Å². The van der Waals surface area contributed by atoms with Crippen LogP contribution in [0.25, 0.3) is 10.8 Å². The molecule has 1 fully saturated rings. The smallest absolute Gasteiger partial charge is 0.363 e. The molecular weight excluding hydrogens is 559 g/mol. The summed E-state index contributed by atoms with van der Waals surface area (Å²) in [6.45, 7) is 2.19. The Balaban J connectivity index is 1.15. The average molecular weight is 584 g/mol. The number of rotatable bonds is 7. The molecule has 6 rings (SSSR count). The Kier molecular flexibility index (Phi) is 7.83. The van der Waals surface area contributed by atoms with E-state index in [1.54, 1.807) is 35.6 Å². The summed E-state index contributed by atoms with van der Waals surface area (Å²) in [6, 6.07) is 27.2. The number of halogens is 3. The highest BCUT2D eigenvalue weighted by Gasteiger charge is 2.29. The lowest BCUT2D eigenvalue weighted by Gasteiger charge is -2.13. The van der Waals surface area contributed by atoms with Gasteiger partial charge in [-0.2, -0.15) is 28.5 Å². The van der Waals surface area contributed by atoms with Gasteiger partial charge in [0.05, 0.1) is 39.0 Å². The molecule has 0 N–H and O–H groups in total. The number of benzene rings is 4. The molecule has 0 spiro atoms. The maximum absolute atomic E-state index is 12.7. The van der Waals surface area contributed by atoms with Crippen molar-refractivity contribution in [3.8, 4) is 0 Å². The number of alkyl halides is 3. The van der Waals surface area contributed by atoms with Gasteiger partial charge in [-0.05, 0) is 85.6 Å². The molecule has 0 saturated carbocycles. The van der Waals surface area contributed by atoms with E-state index in [-0.39, 0.29) is 0 Å². The minimum Gasteiger partial charge on any atom is -0.363 e. The lowest BCUT2D eigenvalue weighted by molar-refractivity contribution is -0.137. The molecule has 0 aliphatic carbocycles. The fraction of sp³-hybridized carbons (Fsp3) is 0.161. The van der Waals surface area contributed by atoms with Gasteiger partial charge in [-0.3, -0.25) is 0 Å². The number of nitrogens with zero attached hydrogens (tertiary/aromatic N) is 7. The molecule has 2 heterocycles.